The summed E-state index contributed by atoms with van der Waals surface area (Å²) in [7, 11) is 1.62. The molecule has 4 aromatic rings. The molecule has 4 rings (SSSR count). The van der Waals surface area contributed by atoms with Crippen molar-refractivity contribution in [3.05, 3.63) is 86.7 Å². The monoisotopic (exact) mass is 513 g/mol. The van der Waals surface area contributed by atoms with E-state index in [9.17, 15) is 4.79 Å². The Hall–Kier alpha value is -3.20. The lowest BCUT2D eigenvalue weighted by Crippen LogP contribution is -2.30. The van der Waals surface area contributed by atoms with Gasteiger partial charge in [0.15, 0.2) is 5.13 Å². The molecule has 34 heavy (non-hydrogen) atoms. The molecule has 0 aliphatic carbocycles. The second kappa shape index (κ2) is 10.4. The fraction of sp³-hybridized carbons (Fsp3) is 0.167. The van der Waals surface area contributed by atoms with E-state index >= 15 is 0 Å². The van der Waals surface area contributed by atoms with E-state index in [0.29, 0.717) is 44.1 Å². The van der Waals surface area contributed by atoms with Crippen LogP contribution < -0.4 is 15.0 Å². The topological polar surface area (TPSA) is 80.2 Å². The zero-order chi connectivity index (χ0) is 24.2. The number of carbonyl (C=O) groups is 1. The Morgan fingerprint density at radius 3 is 2.56 bits per heavy atom. The molecule has 0 aliphatic heterocycles. The van der Waals surface area contributed by atoms with Crippen LogP contribution >= 0.6 is 34.5 Å². The zero-order valence-electron chi connectivity index (χ0n) is 18.7. The van der Waals surface area contributed by atoms with Crippen LogP contribution in [0.4, 0.5) is 16.6 Å². The minimum atomic E-state index is -0.213. The lowest BCUT2D eigenvalue weighted by molar-refractivity contribution is 0.0988. The van der Waals surface area contributed by atoms with Gasteiger partial charge in [-0.2, -0.15) is 0 Å². The normalized spacial score (nSPS) is 10.7. The smallest absolute Gasteiger partial charge is 0.270 e. The van der Waals surface area contributed by atoms with E-state index in [2.05, 4.69) is 20.3 Å². The zero-order valence-corrected chi connectivity index (χ0v) is 21.0. The van der Waals surface area contributed by atoms with Gasteiger partial charge in [0.05, 0.1) is 30.6 Å². The van der Waals surface area contributed by atoms with Gasteiger partial charge in [-0.15, -0.1) is 0 Å². The Morgan fingerprint density at radius 1 is 1.12 bits per heavy atom. The van der Waals surface area contributed by atoms with Crippen LogP contribution in [0.25, 0.3) is 0 Å². The first-order valence-electron chi connectivity index (χ1n) is 10.3. The van der Waals surface area contributed by atoms with E-state index in [-0.39, 0.29) is 5.91 Å². The molecule has 0 unspecified atom stereocenters. The van der Waals surface area contributed by atoms with Crippen molar-refractivity contribution < 1.29 is 9.53 Å². The number of amides is 1. The van der Waals surface area contributed by atoms with Gasteiger partial charge >= 0.3 is 0 Å². The van der Waals surface area contributed by atoms with Gasteiger partial charge in [-0.3, -0.25) is 4.79 Å². The molecule has 2 aromatic carbocycles. The maximum atomic E-state index is 13.7. The van der Waals surface area contributed by atoms with Crippen molar-refractivity contribution in [3.8, 4) is 5.75 Å². The molecule has 1 amide bonds. The molecule has 0 atom stereocenters. The van der Waals surface area contributed by atoms with Crippen molar-refractivity contribution in [3.63, 3.8) is 0 Å². The summed E-state index contributed by atoms with van der Waals surface area (Å²) in [6.07, 6.45) is 1.54. The van der Waals surface area contributed by atoms with E-state index < -0.39 is 0 Å². The lowest BCUT2D eigenvalue weighted by atomic mass is 10.1. The van der Waals surface area contributed by atoms with Crippen molar-refractivity contribution in [2.24, 2.45) is 0 Å². The molecular formula is C24H21Cl2N5O2S. The number of ether oxygens (including phenoxy) is 1. The van der Waals surface area contributed by atoms with Gasteiger partial charge in [-0.25, -0.2) is 15.0 Å². The molecule has 0 fully saturated rings. The van der Waals surface area contributed by atoms with Crippen molar-refractivity contribution in [2.75, 3.05) is 17.3 Å². The molecule has 0 saturated heterocycles. The fourth-order valence-corrected chi connectivity index (χ4v) is 4.72. The molecule has 2 heterocycles. The number of halogens is 2. The van der Waals surface area contributed by atoms with Crippen LogP contribution in [0.2, 0.25) is 10.2 Å². The summed E-state index contributed by atoms with van der Waals surface area (Å²) in [5.41, 5.74) is 2.48. The maximum absolute atomic E-state index is 13.7. The lowest BCUT2D eigenvalue weighted by Gasteiger charge is -2.25. The summed E-state index contributed by atoms with van der Waals surface area (Å²) in [6.45, 7) is 4.00. The third-order valence-electron chi connectivity index (χ3n) is 4.96. The van der Waals surface area contributed by atoms with Crippen molar-refractivity contribution in [1.82, 2.24) is 15.0 Å². The highest BCUT2D eigenvalue weighted by molar-refractivity contribution is 7.17. The van der Waals surface area contributed by atoms with E-state index in [1.807, 2.05) is 43.3 Å². The van der Waals surface area contributed by atoms with Crippen LogP contribution in [0, 0.1) is 13.8 Å². The summed E-state index contributed by atoms with van der Waals surface area (Å²) < 4.78 is 5.25. The highest BCUT2D eigenvalue weighted by Crippen LogP contribution is 2.33. The number of hydrogen-bond donors (Lipinski definition) is 1. The van der Waals surface area contributed by atoms with Gasteiger partial charge in [-0.05, 0) is 43.2 Å². The molecule has 10 heteroatoms. The number of para-hydroxylation sites is 1. The molecule has 0 aliphatic rings. The van der Waals surface area contributed by atoms with Crippen molar-refractivity contribution in [2.45, 2.75) is 20.4 Å². The van der Waals surface area contributed by atoms with E-state index in [1.54, 1.807) is 31.1 Å². The third kappa shape index (κ3) is 5.47. The van der Waals surface area contributed by atoms with Gasteiger partial charge in [0.1, 0.15) is 27.4 Å². The van der Waals surface area contributed by atoms with Crippen LogP contribution in [0.3, 0.4) is 0 Å². The minimum absolute atomic E-state index is 0.213. The highest BCUT2D eigenvalue weighted by atomic mass is 35.5. The Morgan fingerprint density at radius 2 is 1.88 bits per heavy atom. The van der Waals surface area contributed by atoms with Crippen LogP contribution in [0.15, 0.2) is 54.7 Å². The second-order valence-corrected chi connectivity index (χ2v) is 9.25. The van der Waals surface area contributed by atoms with Crippen LogP contribution in [0.1, 0.15) is 26.6 Å². The van der Waals surface area contributed by atoms with Crippen LogP contribution in [-0.4, -0.2) is 28.0 Å². The Bertz CT molecular complexity index is 1290. The van der Waals surface area contributed by atoms with Gasteiger partial charge in [0.2, 0.25) is 0 Å². The van der Waals surface area contributed by atoms with Gasteiger partial charge in [0.25, 0.3) is 5.91 Å². The molecule has 174 valence electrons. The number of rotatable bonds is 7. The summed E-state index contributed by atoms with van der Waals surface area (Å²) in [4.78, 5) is 28.5. The SMILES string of the molecule is COc1ccc(CN(C(=O)c2cnc(Nc3cc(Cl)nc(C)n3)s2)c2c(C)cccc2Cl)cc1. The fourth-order valence-electron chi connectivity index (χ4n) is 3.40. The number of methoxy groups -OCH3 is 1. The second-order valence-electron chi connectivity index (χ2n) is 7.42. The number of benzene rings is 2. The molecule has 7 nitrogen and oxygen atoms in total. The summed E-state index contributed by atoms with van der Waals surface area (Å²) in [6, 6.07) is 14.7. The quantitative estimate of drug-likeness (QED) is 0.285. The first-order chi connectivity index (χ1) is 16.3. The number of anilines is 3. The predicted molar refractivity (Wildman–Crippen MR) is 137 cm³/mol. The molecule has 0 saturated carbocycles. The predicted octanol–water partition coefficient (Wildman–Crippen LogP) is 6.46. The third-order valence-corrected chi connectivity index (χ3v) is 6.36. The molecule has 2 aromatic heterocycles. The number of carbonyl (C=O) groups excluding carboxylic acids is 1. The van der Waals surface area contributed by atoms with Gasteiger partial charge in [0, 0.05) is 6.07 Å². The summed E-state index contributed by atoms with van der Waals surface area (Å²) in [5, 5.41) is 4.42. The molecule has 0 spiro atoms. The molecule has 0 bridgehead atoms. The standard InChI is InChI=1S/C24H21Cl2N5O2S/c1-14-5-4-6-18(25)22(14)31(13-16-7-9-17(33-3)10-8-16)23(32)19-12-27-24(34-19)30-21-11-20(26)28-15(2)29-21/h4-12H,13H2,1-3H3,(H,27,28,29,30). The average molecular weight is 514 g/mol. The Balaban J connectivity index is 1.65. The first-order valence-corrected chi connectivity index (χ1v) is 11.8. The number of aryl methyl sites for hydroxylation is 2. The van der Waals surface area contributed by atoms with Gasteiger partial charge in [-0.1, -0.05) is 58.8 Å². The van der Waals surface area contributed by atoms with Crippen molar-refractivity contribution >= 4 is 57.1 Å². The number of nitrogens with zero attached hydrogens (tertiary/aromatic N) is 4. The number of aromatic nitrogens is 3. The van der Waals surface area contributed by atoms with Gasteiger partial charge < -0.3 is 15.0 Å². The first kappa shape index (κ1) is 23.9. The molecule has 1 N–H and O–H groups in total. The average Bonchev–Trinajstić information content (AvgIpc) is 3.26. The van der Waals surface area contributed by atoms with E-state index in [0.717, 1.165) is 16.9 Å². The maximum Gasteiger partial charge on any atom is 0.270 e. The van der Waals surface area contributed by atoms with Crippen LogP contribution in [-0.2, 0) is 6.54 Å². The summed E-state index contributed by atoms with van der Waals surface area (Å²) in [5.74, 6) is 1.56. The van der Waals surface area contributed by atoms with E-state index in [1.165, 1.54) is 17.5 Å². The largest absolute Gasteiger partial charge is 0.497 e. The van der Waals surface area contributed by atoms with Crippen molar-refractivity contribution in [1.29, 1.82) is 0 Å². The van der Waals surface area contributed by atoms with E-state index in [4.69, 9.17) is 27.9 Å². The Labute approximate surface area is 211 Å². The minimum Gasteiger partial charge on any atom is -0.497 e. The molecular weight excluding hydrogens is 493 g/mol. The Kier molecular flexibility index (Phi) is 7.31. The molecule has 0 radical (unpaired) electrons. The number of thiazole rings is 1. The number of nitrogens with one attached hydrogen (secondary N) is 1. The number of hydrogen-bond acceptors (Lipinski definition) is 7. The summed E-state index contributed by atoms with van der Waals surface area (Å²) >= 11 is 13.8. The van der Waals surface area contributed by atoms with Crippen LogP contribution in [0.5, 0.6) is 5.75 Å². The highest BCUT2D eigenvalue weighted by Gasteiger charge is 2.24.